The van der Waals surface area contributed by atoms with E-state index in [9.17, 15) is 0 Å². The molecule has 0 N–H and O–H groups in total. The second-order valence-electron chi connectivity index (χ2n) is 6.85. The first-order valence-electron chi connectivity index (χ1n) is 10.4. The maximum Gasteiger partial charge on any atom is -0.0351 e. The normalized spacial score (nSPS) is 11.5. The van der Waals surface area contributed by atoms with Crippen molar-refractivity contribution in [1.82, 2.24) is 0 Å². The zero-order valence-electron chi connectivity index (χ0n) is 15.6. The SMILES string of the molecule is [CH2]CCCCCCCCCCCCCC/C=C\CCCCC. The highest BCUT2D eigenvalue weighted by Crippen LogP contribution is 2.13. The predicted octanol–water partition coefficient (Wildman–Crippen LogP) is 8.42. The first-order valence-corrected chi connectivity index (χ1v) is 10.4. The molecule has 0 amide bonds. The number of hydrogen-bond acceptors (Lipinski definition) is 0. The van der Waals surface area contributed by atoms with Crippen molar-refractivity contribution in [2.45, 2.75) is 122 Å². The Bertz CT molecular complexity index is 204. The van der Waals surface area contributed by atoms with Crippen LogP contribution < -0.4 is 0 Å². The van der Waals surface area contributed by atoms with Crippen molar-refractivity contribution in [3.8, 4) is 0 Å². The highest BCUT2D eigenvalue weighted by molar-refractivity contribution is 4.81. The Morgan fingerprint density at radius 3 is 1.27 bits per heavy atom. The Kier molecular flexibility index (Phi) is 20.5. The van der Waals surface area contributed by atoms with Crippen molar-refractivity contribution in [2.75, 3.05) is 0 Å². The molecule has 0 aliphatic rings. The summed E-state index contributed by atoms with van der Waals surface area (Å²) < 4.78 is 0. The van der Waals surface area contributed by atoms with Gasteiger partial charge in [0.15, 0.2) is 0 Å². The fraction of sp³-hybridized carbons (Fsp3) is 0.864. The van der Waals surface area contributed by atoms with Gasteiger partial charge in [0, 0.05) is 0 Å². The van der Waals surface area contributed by atoms with Crippen molar-refractivity contribution < 1.29 is 0 Å². The van der Waals surface area contributed by atoms with Gasteiger partial charge in [0.1, 0.15) is 0 Å². The third-order valence-electron chi connectivity index (χ3n) is 4.51. The highest BCUT2D eigenvalue weighted by atomic mass is 14.0. The number of unbranched alkanes of at least 4 members (excludes halogenated alkanes) is 16. The summed E-state index contributed by atoms with van der Waals surface area (Å²) >= 11 is 0. The molecule has 0 heterocycles. The first kappa shape index (κ1) is 21.7. The van der Waals surface area contributed by atoms with E-state index in [0.717, 1.165) is 6.42 Å². The van der Waals surface area contributed by atoms with Crippen LogP contribution in [-0.4, -0.2) is 0 Å². The summed E-state index contributed by atoms with van der Waals surface area (Å²) in [6.07, 6.45) is 29.8. The van der Waals surface area contributed by atoms with Gasteiger partial charge in [-0.3, -0.25) is 0 Å². The second kappa shape index (κ2) is 20.7. The zero-order chi connectivity index (χ0) is 16.1. The summed E-state index contributed by atoms with van der Waals surface area (Å²) in [5.74, 6) is 0. The minimum absolute atomic E-state index is 1.12. The van der Waals surface area contributed by atoms with Crippen molar-refractivity contribution in [3.05, 3.63) is 19.1 Å². The van der Waals surface area contributed by atoms with Crippen molar-refractivity contribution in [1.29, 1.82) is 0 Å². The zero-order valence-corrected chi connectivity index (χ0v) is 15.6. The van der Waals surface area contributed by atoms with E-state index in [4.69, 9.17) is 0 Å². The van der Waals surface area contributed by atoms with Crippen molar-refractivity contribution in [2.24, 2.45) is 0 Å². The third-order valence-corrected chi connectivity index (χ3v) is 4.51. The van der Waals surface area contributed by atoms with E-state index in [1.807, 2.05) is 0 Å². The van der Waals surface area contributed by atoms with Crippen LogP contribution in [-0.2, 0) is 0 Å². The Hall–Kier alpha value is -0.260. The van der Waals surface area contributed by atoms with E-state index in [2.05, 4.69) is 26.0 Å². The fourth-order valence-electron chi connectivity index (χ4n) is 2.95. The molecule has 0 aromatic heterocycles. The number of rotatable bonds is 18. The van der Waals surface area contributed by atoms with E-state index >= 15 is 0 Å². The lowest BCUT2D eigenvalue weighted by atomic mass is 10.0. The van der Waals surface area contributed by atoms with E-state index < -0.39 is 0 Å². The molecule has 0 rings (SSSR count). The molecule has 0 saturated carbocycles. The minimum Gasteiger partial charge on any atom is -0.0885 e. The van der Waals surface area contributed by atoms with Gasteiger partial charge < -0.3 is 0 Å². The van der Waals surface area contributed by atoms with Gasteiger partial charge in [0.2, 0.25) is 0 Å². The van der Waals surface area contributed by atoms with E-state index in [1.54, 1.807) is 0 Å². The fourth-order valence-corrected chi connectivity index (χ4v) is 2.95. The van der Waals surface area contributed by atoms with Gasteiger partial charge in [-0.1, -0.05) is 116 Å². The summed E-state index contributed by atoms with van der Waals surface area (Å²) in [6, 6.07) is 0. The van der Waals surface area contributed by atoms with Gasteiger partial charge in [0.05, 0.1) is 0 Å². The highest BCUT2D eigenvalue weighted by Gasteiger charge is 1.93. The van der Waals surface area contributed by atoms with E-state index in [0.29, 0.717) is 0 Å². The molecule has 0 fully saturated rings. The Morgan fingerprint density at radius 1 is 0.500 bits per heavy atom. The van der Waals surface area contributed by atoms with Crippen LogP contribution in [0.5, 0.6) is 0 Å². The van der Waals surface area contributed by atoms with Crippen LogP contribution >= 0.6 is 0 Å². The maximum atomic E-state index is 3.90. The summed E-state index contributed by atoms with van der Waals surface area (Å²) in [5.41, 5.74) is 0. The monoisotopic (exact) mass is 307 g/mol. The van der Waals surface area contributed by atoms with Gasteiger partial charge in [0.25, 0.3) is 0 Å². The van der Waals surface area contributed by atoms with Gasteiger partial charge >= 0.3 is 0 Å². The molecule has 0 aromatic rings. The van der Waals surface area contributed by atoms with Crippen LogP contribution in [0.1, 0.15) is 122 Å². The lowest BCUT2D eigenvalue weighted by Crippen LogP contribution is -1.82. The van der Waals surface area contributed by atoms with Gasteiger partial charge in [-0.2, -0.15) is 0 Å². The molecule has 0 bridgehead atoms. The quantitative estimate of drug-likeness (QED) is 0.176. The summed E-state index contributed by atoms with van der Waals surface area (Å²) in [6.45, 7) is 6.17. The lowest BCUT2D eigenvalue weighted by Gasteiger charge is -2.02. The average molecular weight is 308 g/mol. The molecule has 22 heavy (non-hydrogen) atoms. The Balaban J connectivity index is 2.99. The molecule has 0 aromatic carbocycles. The summed E-state index contributed by atoms with van der Waals surface area (Å²) in [4.78, 5) is 0. The molecular weight excluding hydrogens is 264 g/mol. The molecule has 0 saturated heterocycles. The van der Waals surface area contributed by atoms with Gasteiger partial charge in [-0.05, 0) is 25.7 Å². The second-order valence-corrected chi connectivity index (χ2v) is 6.85. The predicted molar refractivity (Wildman–Crippen MR) is 103 cm³/mol. The van der Waals surface area contributed by atoms with Crippen LogP contribution in [0.15, 0.2) is 12.2 Å². The molecule has 0 aliphatic heterocycles. The number of hydrogen-bond donors (Lipinski definition) is 0. The smallest absolute Gasteiger partial charge is 0.0351 e. The standard InChI is InChI=1S/C22H43/c1-3-5-7-9-11-13-15-17-19-21-22-20-18-16-14-12-10-8-6-4-2/h12,14H,1,3-11,13,15-22H2,2H3/b14-12-. The van der Waals surface area contributed by atoms with Crippen LogP contribution in [0.2, 0.25) is 0 Å². The maximum absolute atomic E-state index is 3.90. The average Bonchev–Trinajstić information content (AvgIpc) is 2.54. The topological polar surface area (TPSA) is 0 Å². The molecule has 0 nitrogen and oxygen atoms in total. The Labute approximate surface area is 142 Å². The van der Waals surface area contributed by atoms with Crippen molar-refractivity contribution in [3.63, 3.8) is 0 Å². The molecule has 1 radical (unpaired) electrons. The van der Waals surface area contributed by atoms with Gasteiger partial charge in [-0.15, -0.1) is 0 Å². The van der Waals surface area contributed by atoms with Crippen molar-refractivity contribution >= 4 is 0 Å². The summed E-state index contributed by atoms with van der Waals surface area (Å²) in [5, 5.41) is 0. The van der Waals surface area contributed by atoms with Crippen LogP contribution in [0.25, 0.3) is 0 Å². The largest absolute Gasteiger partial charge is 0.0885 e. The van der Waals surface area contributed by atoms with Crippen LogP contribution in [0.4, 0.5) is 0 Å². The molecule has 0 unspecified atom stereocenters. The molecule has 0 heteroatoms. The Morgan fingerprint density at radius 2 is 0.864 bits per heavy atom. The first-order chi connectivity index (χ1) is 10.9. The minimum atomic E-state index is 1.12. The molecule has 0 aliphatic carbocycles. The number of allylic oxidation sites excluding steroid dienone is 2. The molecule has 0 atom stereocenters. The lowest BCUT2D eigenvalue weighted by molar-refractivity contribution is 0.542. The van der Waals surface area contributed by atoms with Gasteiger partial charge in [-0.25, -0.2) is 0 Å². The molecular formula is C22H43. The molecule has 131 valence electrons. The van der Waals surface area contributed by atoms with E-state index in [1.165, 1.54) is 109 Å². The summed E-state index contributed by atoms with van der Waals surface area (Å²) in [7, 11) is 0. The van der Waals surface area contributed by atoms with E-state index in [-0.39, 0.29) is 0 Å². The molecule has 0 spiro atoms. The van der Waals surface area contributed by atoms with Crippen LogP contribution in [0, 0.1) is 6.92 Å². The third kappa shape index (κ3) is 19.7. The van der Waals surface area contributed by atoms with Crippen LogP contribution in [0.3, 0.4) is 0 Å².